The molecule has 0 bridgehead atoms. The van der Waals surface area contributed by atoms with Crippen molar-refractivity contribution in [2.75, 3.05) is 13.6 Å². The average molecular weight is 297 g/mol. The van der Waals surface area contributed by atoms with E-state index in [4.69, 9.17) is 0 Å². The normalized spacial score (nSPS) is 22.6. The van der Waals surface area contributed by atoms with E-state index in [1.807, 2.05) is 0 Å². The molecule has 2 fully saturated rings. The molecule has 6 heteroatoms. The number of carbonyl (C=O) groups is 2. The number of carboxylic acids is 1. The minimum Gasteiger partial charge on any atom is -0.480 e. The molecule has 0 radical (unpaired) electrons. The third kappa shape index (κ3) is 4.09. The summed E-state index contributed by atoms with van der Waals surface area (Å²) in [4.78, 5) is 25.8. The number of rotatable bonds is 6. The molecule has 2 aliphatic carbocycles. The number of carboxylic acid groups (broad SMARTS) is 1. The molecule has 120 valence electrons. The number of amides is 2. The van der Waals surface area contributed by atoms with E-state index in [1.54, 1.807) is 0 Å². The molecular weight excluding hydrogens is 270 g/mol. The molecule has 0 aliphatic heterocycles. The molecule has 0 heterocycles. The highest BCUT2D eigenvalue weighted by atomic mass is 16.4. The van der Waals surface area contributed by atoms with Gasteiger partial charge in [-0.25, -0.2) is 9.59 Å². The van der Waals surface area contributed by atoms with Crippen LogP contribution in [-0.2, 0) is 4.79 Å². The zero-order valence-electron chi connectivity index (χ0n) is 13.0. The largest absolute Gasteiger partial charge is 0.480 e. The van der Waals surface area contributed by atoms with Crippen LogP contribution in [0.3, 0.4) is 0 Å². The third-order valence-corrected chi connectivity index (χ3v) is 4.85. The molecule has 0 spiro atoms. The maximum absolute atomic E-state index is 12.0. The Balaban J connectivity index is 1.80. The molecule has 0 aromatic carbocycles. The molecule has 0 saturated heterocycles. The molecule has 21 heavy (non-hydrogen) atoms. The lowest BCUT2D eigenvalue weighted by Gasteiger charge is -2.34. The first kappa shape index (κ1) is 16.1. The van der Waals surface area contributed by atoms with Gasteiger partial charge in [0.15, 0.2) is 0 Å². The zero-order chi connectivity index (χ0) is 15.5. The van der Waals surface area contributed by atoms with Crippen LogP contribution < -0.4 is 10.6 Å². The summed E-state index contributed by atoms with van der Waals surface area (Å²) in [5.41, 5.74) is -1.08. The SMILES string of the molecule is CC(CNC(=O)NC1(C(=O)O)CCCCC1)N(C)C1CC1. The van der Waals surface area contributed by atoms with E-state index < -0.39 is 11.5 Å². The topological polar surface area (TPSA) is 81.7 Å². The second-order valence-electron chi connectivity index (χ2n) is 6.53. The number of aliphatic carboxylic acids is 1. The van der Waals surface area contributed by atoms with Crippen molar-refractivity contribution in [2.45, 2.75) is 69.5 Å². The van der Waals surface area contributed by atoms with Gasteiger partial charge in [0.2, 0.25) is 0 Å². The van der Waals surface area contributed by atoms with Crippen LogP contribution in [0.1, 0.15) is 51.9 Å². The van der Waals surface area contributed by atoms with Gasteiger partial charge in [-0.3, -0.25) is 4.90 Å². The smallest absolute Gasteiger partial charge is 0.329 e. The Morgan fingerprint density at radius 3 is 2.43 bits per heavy atom. The summed E-state index contributed by atoms with van der Waals surface area (Å²) in [5, 5.41) is 15.0. The number of hydrogen-bond donors (Lipinski definition) is 3. The van der Waals surface area contributed by atoms with Crippen molar-refractivity contribution < 1.29 is 14.7 Å². The Morgan fingerprint density at radius 2 is 1.90 bits per heavy atom. The van der Waals surface area contributed by atoms with Crippen LogP contribution in [0.5, 0.6) is 0 Å². The maximum Gasteiger partial charge on any atom is 0.329 e. The number of nitrogens with zero attached hydrogens (tertiary/aromatic N) is 1. The summed E-state index contributed by atoms with van der Waals surface area (Å²) >= 11 is 0. The molecule has 0 aromatic rings. The van der Waals surface area contributed by atoms with Crippen LogP contribution in [-0.4, -0.2) is 53.2 Å². The van der Waals surface area contributed by atoms with E-state index in [9.17, 15) is 14.7 Å². The Morgan fingerprint density at radius 1 is 1.29 bits per heavy atom. The molecule has 1 unspecified atom stereocenters. The molecular formula is C15H27N3O3. The highest BCUT2D eigenvalue weighted by molar-refractivity contribution is 5.86. The molecule has 1 atom stereocenters. The van der Waals surface area contributed by atoms with Crippen molar-refractivity contribution >= 4 is 12.0 Å². The van der Waals surface area contributed by atoms with Crippen LogP contribution in [0.25, 0.3) is 0 Å². The van der Waals surface area contributed by atoms with E-state index in [-0.39, 0.29) is 12.1 Å². The van der Waals surface area contributed by atoms with E-state index in [0.29, 0.717) is 25.4 Å². The number of urea groups is 1. The molecule has 0 aromatic heterocycles. The highest BCUT2D eigenvalue weighted by Crippen LogP contribution is 2.28. The highest BCUT2D eigenvalue weighted by Gasteiger charge is 2.41. The predicted octanol–water partition coefficient (Wildman–Crippen LogP) is 1.56. The molecule has 2 amide bonds. The molecule has 2 saturated carbocycles. The van der Waals surface area contributed by atoms with Gasteiger partial charge in [-0.15, -0.1) is 0 Å². The van der Waals surface area contributed by atoms with Crippen LogP contribution in [0.2, 0.25) is 0 Å². The fourth-order valence-corrected chi connectivity index (χ4v) is 3.04. The lowest BCUT2D eigenvalue weighted by Crippen LogP contribution is -2.58. The summed E-state index contributed by atoms with van der Waals surface area (Å²) in [6, 6.07) is 0.541. The second-order valence-corrected chi connectivity index (χ2v) is 6.53. The summed E-state index contributed by atoms with van der Waals surface area (Å²) in [5.74, 6) is -0.916. The Hall–Kier alpha value is -1.30. The van der Waals surface area contributed by atoms with Crippen LogP contribution >= 0.6 is 0 Å². The standard InChI is InChI=1S/C15H27N3O3/c1-11(18(2)12-6-7-12)10-16-14(21)17-15(13(19)20)8-4-3-5-9-15/h11-12H,3-10H2,1-2H3,(H,19,20)(H2,16,17,21). The van der Waals surface area contributed by atoms with Crippen molar-refractivity contribution in [3.63, 3.8) is 0 Å². The van der Waals surface area contributed by atoms with Gasteiger partial charge in [0.25, 0.3) is 0 Å². The number of hydrogen-bond acceptors (Lipinski definition) is 3. The fraction of sp³-hybridized carbons (Fsp3) is 0.867. The van der Waals surface area contributed by atoms with Crippen molar-refractivity contribution in [1.29, 1.82) is 0 Å². The minimum absolute atomic E-state index is 0.260. The Kier molecular flexibility index (Phi) is 5.08. The summed E-state index contributed by atoms with van der Waals surface area (Å²) in [6.45, 7) is 2.61. The monoisotopic (exact) mass is 297 g/mol. The van der Waals surface area contributed by atoms with Gasteiger partial charge < -0.3 is 15.7 Å². The maximum atomic E-state index is 12.0. The van der Waals surface area contributed by atoms with E-state index in [2.05, 4.69) is 29.5 Å². The van der Waals surface area contributed by atoms with Gasteiger partial charge in [0.1, 0.15) is 5.54 Å². The van der Waals surface area contributed by atoms with Crippen molar-refractivity contribution in [3.8, 4) is 0 Å². The van der Waals surface area contributed by atoms with Gasteiger partial charge >= 0.3 is 12.0 Å². The lowest BCUT2D eigenvalue weighted by molar-refractivity contribution is -0.145. The molecule has 2 rings (SSSR count). The van der Waals surface area contributed by atoms with Gasteiger partial charge in [-0.1, -0.05) is 19.3 Å². The quantitative estimate of drug-likeness (QED) is 0.695. The van der Waals surface area contributed by atoms with Crippen LogP contribution in [0, 0.1) is 0 Å². The summed E-state index contributed by atoms with van der Waals surface area (Å²) in [6.07, 6.45) is 6.26. The number of carbonyl (C=O) groups excluding carboxylic acids is 1. The lowest BCUT2D eigenvalue weighted by atomic mass is 9.82. The first-order valence-corrected chi connectivity index (χ1v) is 7.96. The Labute approximate surface area is 126 Å². The van der Waals surface area contributed by atoms with Gasteiger partial charge in [0, 0.05) is 18.6 Å². The van der Waals surface area contributed by atoms with Crippen molar-refractivity contribution in [3.05, 3.63) is 0 Å². The second kappa shape index (κ2) is 6.64. The summed E-state index contributed by atoms with van der Waals surface area (Å²) in [7, 11) is 2.07. The first-order valence-electron chi connectivity index (χ1n) is 7.96. The number of nitrogens with one attached hydrogen (secondary N) is 2. The minimum atomic E-state index is -1.08. The summed E-state index contributed by atoms with van der Waals surface area (Å²) < 4.78 is 0. The average Bonchev–Trinajstić information content (AvgIpc) is 3.29. The van der Waals surface area contributed by atoms with Gasteiger partial charge in [-0.2, -0.15) is 0 Å². The molecule has 3 N–H and O–H groups in total. The van der Waals surface area contributed by atoms with E-state index in [0.717, 1.165) is 19.3 Å². The van der Waals surface area contributed by atoms with Crippen LogP contribution in [0.4, 0.5) is 4.79 Å². The zero-order valence-corrected chi connectivity index (χ0v) is 13.0. The van der Waals surface area contributed by atoms with Crippen LogP contribution in [0.15, 0.2) is 0 Å². The van der Waals surface area contributed by atoms with Crippen molar-refractivity contribution in [2.24, 2.45) is 0 Å². The first-order chi connectivity index (χ1) is 9.94. The van der Waals surface area contributed by atoms with E-state index in [1.165, 1.54) is 12.8 Å². The third-order valence-electron chi connectivity index (χ3n) is 4.85. The molecule has 6 nitrogen and oxygen atoms in total. The van der Waals surface area contributed by atoms with Crippen molar-refractivity contribution in [1.82, 2.24) is 15.5 Å². The van der Waals surface area contributed by atoms with Gasteiger partial charge in [-0.05, 0) is 39.7 Å². The van der Waals surface area contributed by atoms with Gasteiger partial charge in [0.05, 0.1) is 0 Å². The number of likely N-dealkylation sites (N-methyl/N-ethyl adjacent to an activating group) is 1. The Bertz CT molecular complexity index is 390. The molecule has 2 aliphatic rings. The predicted molar refractivity (Wildman–Crippen MR) is 80.2 cm³/mol. The van der Waals surface area contributed by atoms with E-state index >= 15 is 0 Å². The fourth-order valence-electron chi connectivity index (χ4n) is 3.04.